The molecule has 0 spiro atoms. The second-order valence-corrected chi connectivity index (χ2v) is 7.56. The van der Waals surface area contributed by atoms with E-state index >= 15 is 0 Å². The third-order valence-corrected chi connectivity index (χ3v) is 5.38. The number of aromatic carboxylic acids is 1. The van der Waals surface area contributed by atoms with Gasteiger partial charge in [-0.25, -0.2) is 19.2 Å². The van der Waals surface area contributed by atoms with Crippen molar-refractivity contribution >= 4 is 22.8 Å². The Labute approximate surface area is 162 Å². The number of benzene rings is 1. The van der Waals surface area contributed by atoms with Crippen LogP contribution in [0.15, 0.2) is 41.8 Å². The standard InChI is InChI=1S/C21H22FN3O3/c1-13-12-21(2,6-5-15(13)22)18-19(25-7-9-28-10-8-25)24-17-11-14(20(26)27)3-4-16(17)23-18/h3-6,11H,7-10,12H2,1-2H3,(H,26,27). The first kappa shape index (κ1) is 18.6. The van der Waals surface area contributed by atoms with Crippen molar-refractivity contribution in [3.8, 4) is 0 Å². The Morgan fingerprint density at radius 2 is 2.00 bits per heavy atom. The molecule has 2 aromatic rings. The van der Waals surface area contributed by atoms with E-state index in [1.165, 1.54) is 12.1 Å². The zero-order chi connectivity index (χ0) is 19.9. The molecule has 146 valence electrons. The number of rotatable bonds is 3. The highest BCUT2D eigenvalue weighted by molar-refractivity contribution is 5.92. The van der Waals surface area contributed by atoms with Gasteiger partial charge < -0.3 is 14.7 Å². The fourth-order valence-electron chi connectivity index (χ4n) is 3.81. The van der Waals surface area contributed by atoms with E-state index in [0.717, 1.165) is 5.69 Å². The fraction of sp³-hybridized carbons (Fsp3) is 0.381. The lowest BCUT2D eigenvalue weighted by molar-refractivity contribution is 0.0697. The van der Waals surface area contributed by atoms with Crippen molar-refractivity contribution in [3.05, 3.63) is 53.0 Å². The summed E-state index contributed by atoms with van der Waals surface area (Å²) in [5.41, 5.74) is 2.28. The summed E-state index contributed by atoms with van der Waals surface area (Å²) in [4.78, 5) is 23.1. The molecule has 1 aromatic heterocycles. The summed E-state index contributed by atoms with van der Waals surface area (Å²) in [5.74, 6) is -0.495. The molecule has 2 heterocycles. The first-order chi connectivity index (χ1) is 13.4. The van der Waals surface area contributed by atoms with Gasteiger partial charge in [0.2, 0.25) is 0 Å². The number of hydrogen-bond acceptors (Lipinski definition) is 5. The molecule has 6 nitrogen and oxygen atoms in total. The Kier molecular flexibility index (Phi) is 4.63. The van der Waals surface area contributed by atoms with E-state index in [9.17, 15) is 14.3 Å². The number of ether oxygens (including phenoxy) is 1. The van der Waals surface area contributed by atoms with Crippen LogP contribution in [0.1, 0.15) is 36.3 Å². The van der Waals surface area contributed by atoms with Crippen molar-refractivity contribution in [3.63, 3.8) is 0 Å². The summed E-state index contributed by atoms with van der Waals surface area (Å²) >= 11 is 0. The topological polar surface area (TPSA) is 75.5 Å². The normalized spacial score (nSPS) is 22.8. The molecule has 0 bridgehead atoms. The monoisotopic (exact) mass is 383 g/mol. The summed E-state index contributed by atoms with van der Waals surface area (Å²) in [5, 5.41) is 9.29. The lowest BCUT2D eigenvalue weighted by Gasteiger charge is -2.35. The van der Waals surface area contributed by atoms with Gasteiger partial charge in [-0.3, -0.25) is 0 Å². The largest absolute Gasteiger partial charge is 0.478 e. The van der Waals surface area contributed by atoms with Crippen LogP contribution < -0.4 is 4.90 Å². The van der Waals surface area contributed by atoms with Crippen LogP contribution in [0.25, 0.3) is 11.0 Å². The van der Waals surface area contributed by atoms with Gasteiger partial charge in [-0.1, -0.05) is 13.0 Å². The molecule has 1 aliphatic heterocycles. The predicted octanol–water partition coefficient (Wildman–Crippen LogP) is 3.63. The zero-order valence-electron chi connectivity index (χ0n) is 15.9. The smallest absolute Gasteiger partial charge is 0.335 e. The molecule has 2 aliphatic rings. The number of carbonyl (C=O) groups is 1. The lowest BCUT2D eigenvalue weighted by Crippen LogP contribution is -2.39. The highest BCUT2D eigenvalue weighted by atomic mass is 19.1. The number of carboxylic acids is 1. The number of nitrogens with zero attached hydrogens (tertiary/aromatic N) is 3. The summed E-state index contributed by atoms with van der Waals surface area (Å²) in [7, 11) is 0. The number of aromatic nitrogens is 2. The van der Waals surface area contributed by atoms with Gasteiger partial charge in [-0.05, 0) is 43.2 Å². The third kappa shape index (κ3) is 3.26. The Morgan fingerprint density at radius 1 is 1.25 bits per heavy atom. The van der Waals surface area contributed by atoms with Gasteiger partial charge in [-0.15, -0.1) is 0 Å². The van der Waals surface area contributed by atoms with E-state index < -0.39 is 11.4 Å². The maximum atomic E-state index is 13.9. The van der Waals surface area contributed by atoms with E-state index in [-0.39, 0.29) is 11.4 Å². The summed E-state index contributed by atoms with van der Waals surface area (Å²) in [6.45, 7) is 6.36. The van der Waals surface area contributed by atoms with Gasteiger partial charge in [0, 0.05) is 18.5 Å². The molecule has 4 rings (SSSR count). The minimum absolute atomic E-state index is 0.173. The SMILES string of the molecule is CC1=C(F)C=CC(C)(c2nc3ccc(C(=O)O)cc3nc2N2CCOCC2)C1. The Balaban J connectivity index is 1.89. The van der Waals surface area contributed by atoms with Crippen LogP contribution in [0.5, 0.6) is 0 Å². The minimum Gasteiger partial charge on any atom is -0.478 e. The van der Waals surface area contributed by atoms with E-state index in [0.29, 0.717) is 55.1 Å². The average molecular weight is 383 g/mol. The molecule has 1 N–H and O–H groups in total. The van der Waals surface area contributed by atoms with Gasteiger partial charge >= 0.3 is 5.97 Å². The number of anilines is 1. The Bertz CT molecular complexity index is 1010. The van der Waals surface area contributed by atoms with Crippen molar-refractivity contribution in [2.24, 2.45) is 0 Å². The van der Waals surface area contributed by atoms with Crippen LogP contribution in [0.3, 0.4) is 0 Å². The Morgan fingerprint density at radius 3 is 2.68 bits per heavy atom. The molecule has 1 aliphatic carbocycles. The van der Waals surface area contributed by atoms with Crippen LogP contribution in [-0.4, -0.2) is 47.3 Å². The van der Waals surface area contributed by atoms with Crippen LogP contribution in [0.4, 0.5) is 10.2 Å². The average Bonchev–Trinajstić information content (AvgIpc) is 2.70. The molecule has 1 unspecified atom stereocenters. The third-order valence-electron chi connectivity index (χ3n) is 5.38. The highest BCUT2D eigenvalue weighted by Gasteiger charge is 2.34. The van der Waals surface area contributed by atoms with Gasteiger partial charge in [0.05, 0.1) is 35.5 Å². The fourth-order valence-corrected chi connectivity index (χ4v) is 3.81. The van der Waals surface area contributed by atoms with Crippen LogP contribution in [-0.2, 0) is 10.2 Å². The van der Waals surface area contributed by atoms with Crippen LogP contribution in [0, 0.1) is 0 Å². The van der Waals surface area contributed by atoms with Crippen LogP contribution in [0.2, 0.25) is 0 Å². The zero-order valence-corrected chi connectivity index (χ0v) is 15.9. The summed E-state index contributed by atoms with van der Waals surface area (Å²) in [6, 6.07) is 4.75. The molecule has 1 saturated heterocycles. The predicted molar refractivity (Wildman–Crippen MR) is 104 cm³/mol. The number of allylic oxidation sites excluding steroid dienone is 4. The maximum absolute atomic E-state index is 13.9. The van der Waals surface area contributed by atoms with Crippen LogP contribution >= 0.6 is 0 Å². The molecule has 1 atom stereocenters. The highest BCUT2D eigenvalue weighted by Crippen LogP contribution is 2.41. The minimum atomic E-state index is -1.00. The van der Waals surface area contributed by atoms with Crippen molar-refractivity contribution < 1.29 is 19.0 Å². The number of halogens is 1. The van der Waals surface area contributed by atoms with E-state index in [1.807, 2.05) is 13.0 Å². The second kappa shape index (κ2) is 6.98. The number of carboxylic acid groups (broad SMARTS) is 1. The van der Waals surface area contributed by atoms with Crippen molar-refractivity contribution in [2.45, 2.75) is 25.7 Å². The first-order valence-electron chi connectivity index (χ1n) is 9.30. The van der Waals surface area contributed by atoms with Gasteiger partial charge in [-0.2, -0.15) is 0 Å². The number of fused-ring (bicyclic) bond motifs is 1. The number of hydrogen-bond donors (Lipinski definition) is 1. The first-order valence-corrected chi connectivity index (χ1v) is 9.30. The van der Waals surface area contributed by atoms with Crippen molar-refractivity contribution in [2.75, 3.05) is 31.2 Å². The van der Waals surface area contributed by atoms with Crippen molar-refractivity contribution in [1.29, 1.82) is 0 Å². The maximum Gasteiger partial charge on any atom is 0.335 e. The number of morpholine rings is 1. The summed E-state index contributed by atoms with van der Waals surface area (Å²) < 4.78 is 19.4. The van der Waals surface area contributed by atoms with E-state index in [4.69, 9.17) is 14.7 Å². The molecule has 0 saturated carbocycles. The van der Waals surface area contributed by atoms with Gasteiger partial charge in [0.25, 0.3) is 0 Å². The summed E-state index contributed by atoms with van der Waals surface area (Å²) in [6.07, 6.45) is 3.86. The molecule has 1 aromatic carbocycles. The molecule has 0 radical (unpaired) electrons. The molecular formula is C21H22FN3O3. The lowest BCUT2D eigenvalue weighted by atomic mass is 9.77. The van der Waals surface area contributed by atoms with Gasteiger partial charge in [0.1, 0.15) is 5.83 Å². The molecular weight excluding hydrogens is 361 g/mol. The van der Waals surface area contributed by atoms with E-state index in [2.05, 4.69) is 4.90 Å². The second-order valence-electron chi connectivity index (χ2n) is 7.56. The Hall–Kier alpha value is -2.80. The van der Waals surface area contributed by atoms with E-state index in [1.54, 1.807) is 19.1 Å². The quantitative estimate of drug-likeness (QED) is 0.872. The molecule has 1 fully saturated rings. The molecule has 28 heavy (non-hydrogen) atoms. The van der Waals surface area contributed by atoms with Gasteiger partial charge in [0.15, 0.2) is 5.82 Å². The van der Waals surface area contributed by atoms with Crippen molar-refractivity contribution in [1.82, 2.24) is 9.97 Å². The molecule has 7 heteroatoms. The molecule has 0 amide bonds.